The molecule has 3 N–H and O–H groups in total. The molecule has 2 aromatic heterocycles. The van der Waals surface area contributed by atoms with Gasteiger partial charge in [0.2, 0.25) is 0 Å². The molecule has 5 rings (SSSR count). The van der Waals surface area contributed by atoms with Crippen molar-refractivity contribution < 1.29 is 4.79 Å². The first-order chi connectivity index (χ1) is 17.4. The zero-order valence-electron chi connectivity index (χ0n) is 20.1. The van der Waals surface area contributed by atoms with E-state index in [1.807, 2.05) is 29.8 Å². The molecule has 8 nitrogen and oxygen atoms in total. The van der Waals surface area contributed by atoms with Crippen LogP contribution in [0.25, 0.3) is 11.0 Å². The zero-order chi connectivity index (χ0) is 25.2. The van der Waals surface area contributed by atoms with Gasteiger partial charge in [-0.1, -0.05) is 29.7 Å². The Morgan fingerprint density at radius 1 is 1.14 bits per heavy atom. The lowest BCUT2D eigenvalue weighted by molar-refractivity contribution is 0.102. The third-order valence-corrected chi connectivity index (χ3v) is 6.69. The normalized spacial score (nSPS) is 14.4. The number of benzene rings is 2. The fourth-order valence-electron chi connectivity index (χ4n) is 4.37. The Labute approximate surface area is 214 Å². The average Bonchev–Trinajstić information content (AvgIpc) is 3.24. The van der Waals surface area contributed by atoms with Crippen LogP contribution >= 0.6 is 11.6 Å². The maximum Gasteiger partial charge on any atom is 0.255 e. The van der Waals surface area contributed by atoms with E-state index in [1.165, 1.54) is 6.33 Å². The fraction of sp³-hybridized carbons (Fsp3) is 0.259. The lowest BCUT2D eigenvalue weighted by Crippen LogP contribution is -2.32. The van der Waals surface area contributed by atoms with Gasteiger partial charge in [-0.15, -0.1) is 0 Å². The van der Waals surface area contributed by atoms with Crippen LogP contribution in [0, 0.1) is 18.8 Å². The van der Waals surface area contributed by atoms with Gasteiger partial charge in [0.1, 0.15) is 17.8 Å². The summed E-state index contributed by atoms with van der Waals surface area (Å²) in [6, 6.07) is 12.7. The van der Waals surface area contributed by atoms with E-state index in [0.29, 0.717) is 38.8 Å². The molecule has 1 amide bonds. The highest BCUT2D eigenvalue weighted by Gasteiger charge is 2.24. The quantitative estimate of drug-likeness (QED) is 0.408. The second-order valence-corrected chi connectivity index (χ2v) is 9.47. The number of likely N-dealkylation sites (tertiary alicyclic amines) is 1. The minimum Gasteiger partial charge on any atom is -0.383 e. The van der Waals surface area contributed by atoms with Gasteiger partial charge in [-0.3, -0.25) is 4.79 Å². The van der Waals surface area contributed by atoms with E-state index in [0.717, 1.165) is 37.1 Å². The first-order valence-electron chi connectivity index (χ1n) is 11.8. The number of aromatic nitrogens is 4. The van der Waals surface area contributed by atoms with Gasteiger partial charge in [0.15, 0.2) is 5.65 Å². The topological polar surface area (TPSA) is 102 Å². The van der Waals surface area contributed by atoms with Gasteiger partial charge >= 0.3 is 0 Å². The summed E-state index contributed by atoms with van der Waals surface area (Å²) in [5.41, 5.74) is 10.4. The van der Waals surface area contributed by atoms with Gasteiger partial charge in [-0.05, 0) is 81.7 Å². The van der Waals surface area contributed by atoms with Gasteiger partial charge in [0.25, 0.3) is 5.91 Å². The predicted molar refractivity (Wildman–Crippen MR) is 142 cm³/mol. The number of hydrogen-bond donors (Lipinski definition) is 2. The van der Waals surface area contributed by atoms with Crippen molar-refractivity contribution in [2.45, 2.75) is 25.8 Å². The summed E-state index contributed by atoms with van der Waals surface area (Å²) in [4.78, 5) is 23.6. The van der Waals surface area contributed by atoms with Gasteiger partial charge < -0.3 is 16.0 Å². The standard InChI is InChI=1S/C27H26ClN7O/c1-17-6-8-21(32-27(36)19-4-3-5-20(28)14-19)15-18(17)7-9-23-24-25(29)30-16-31-26(24)35(33-23)22-10-12-34(2)13-11-22/h3-6,8,14-16,22H,10-13H2,1-2H3,(H,32,36)(H2,29,30,31). The number of nitrogen functional groups attached to an aromatic ring is 1. The van der Waals surface area contributed by atoms with Crippen molar-refractivity contribution in [2.24, 2.45) is 0 Å². The number of carbonyl (C=O) groups is 1. The molecular weight excluding hydrogens is 474 g/mol. The van der Waals surface area contributed by atoms with Crippen LogP contribution in [0.2, 0.25) is 5.02 Å². The molecule has 0 radical (unpaired) electrons. The van der Waals surface area contributed by atoms with Crippen LogP contribution in [0.3, 0.4) is 0 Å². The van der Waals surface area contributed by atoms with Crippen LogP contribution in [0.4, 0.5) is 11.5 Å². The number of carbonyl (C=O) groups excluding carboxylic acids is 1. The highest BCUT2D eigenvalue weighted by molar-refractivity contribution is 6.31. The van der Waals surface area contributed by atoms with Crippen LogP contribution < -0.4 is 11.1 Å². The predicted octanol–water partition coefficient (Wildman–Crippen LogP) is 4.29. The number of fused-ring (bicyclic) bond motifs is 1. The zero-order valence-corrected chi connectivity index (χ0v) is 20.9. The summed E-state index contributed by atoms with van der Waals surface area (Å²) in [6.07, 6.45) is 3.44. The number of hydrogen-bond acceptors (Lipinski definition) is 6. The Balaban J connectivity index is 1.46. The molecule has 4 aromatic rings. The van der Waals surface area contributed by atoms with E-state index in [2.05, 4.69) is 39.1 Å². The van der Waals surface area contributed by atoms with Crippen LogP contribution in [0.1, 0.15) is 46.1 Å². The second kappa shape index (κ2) is 9.97. The average molecular weight is 500 g/mol. The van der Waals surface area contributed by atoms with Crippen LogP contribution in [-0.4, -0.2) is 50.7 Å². The van der Waals surface area contributed by atoms with E-state index in [4.69, 9.17) is 22.4 Å². The number of rotatable bonds is 3. The summed E-state index contributed by atoms with van der Waals surface area (Å²) in [6.45, 7) is 3.97. The molecular formula is C27H26ClN7O. The number of halogens is 1. The third-order valence-electron chi connectivity index (χ3n) is 6.45. The van der Waals surface area contributed by atoms with Crippen molar-refractivity contribution in [1.29, 1.82) is 0 Å². The summed E-state index contributed by atoms with van der Waals surface area (Å²) in [5.74, 6) is 6.53. The molecule has 182 valence electrons. The summed E-state index contributed by atoms with van der Waals surface area (Å²) >= 11 is 6.02. The van der Waals surface area contributed by atoms with E-state index in [1.54, 1.807) is 24.3 Å². The number of piperidine rings is 1. The number of nitrogens with one attached hydrogen (secondary N) is 1. The number of amides is 1. The van der Waals surface area contributed by atoms with Gasteiger partial charge in [-0.25, -0.2) is 14.6 Å². The molecule has 0 unspecified atom stereocenters. The largest absolute Gasteiger partial charge is 0.383 e. The summed E-state index contributed by atoms with van der Waals surface area (Å²) in [7, 11) is 2.13. The molecule has 1 saturated heterocycles. The molecule has 1 fully saturated rings. The maximum absolute atomic E-state index is 12.6. The molecule has 0 aliphatic carbocycles. The highest BCUT2D eigenvalue weighted by Crippen LogP contribution is 2.28. The van der Waals surface area contributed by atoms with Crippen molar-refractivity contribution in [1.82, 2.24) is 24.6 Å². The molecule has 0 atom stereocenters. The molecule has 9 heteroatoms. The van der Waals surface area contributed by atoms with Gasteiger partial charge in [-0.2, -0.15) is 5.10 Å². The van der Waals surface area contributed by atoms with E-state index >= 15 is 0 Å². The van der Waals surface area contributed by atoms with Gasteiger partial charge in [0.05, 0.1) is 11.4 Å². The highest BCUT2D eigenvalue weighted by atomic mass is 35.5. The molecule has 1 aliphatic rings. The summed E-state index contributed by atoms with van der Waals surface area (Å²) in [5, 5.41) is 8.91. The monoisotopic (exact) mass is 499 g/mol. The number of aryl methyl sites for hydroxylation is 1. The Morgan fingerprint density at radius 2 is 1.94 bits per heavy atom. The molecule has 0 spiro atoms. The Bertz CT molecular complexity index is 1510. The second-order valence-electron chi connectivity index (χ2n) is 9.03. The van der Waals surface area contributed by atoms with Crippen molar-refractivity contribution >= 4 is 40.0 Å². The lowest BCUT2D eigenvalue weighted by atomic mass is 10.1. The molecule has 2 aromatic carbocycles. The first kappa shape index (κ1) is 23.8. The summed E-state index contributed by atoms with van der Waals surface area (Å²) < 4.78 is 1.96. The van der Waals surface area contributed by atoms with Crippen molar-refractivity contribution in [3.05, 3.63) is 76.2 Å². The molecule has 1 aliphatic heterocycles. The molecule has 3 heterocycles. The first-order valence-corrected chi connectivity index (χ1v) is 12.1. The maximum atomic E-state index is 12.6. The Kier molecular flexibility index (Phi) is 6.59. The molecule has 0 bridgehead atoms. The Morgan fingerprint density at radius 3 is 2.72 bits per heavy atom. The van der Waals surface area contributed by atoms with Crippen LogP contribution in [-0.2, 0) is 0 Å². The Hall–Kier alpha value is -3.93. The van der Waals surface area contributed by atoms with E-state index in [-0.39, 0.29) is 11.9 Å². The number of anilines is 2. The van der Waals surface area contributed by atoms with E-state index < -0.39 is 0 Å². The number of nitrogens with two attached hydrogens (primary N) is 1. The van der Waals surface area contributed by atoms with Crippen molar-refractivity contribution in [2.75, 3.05) is 31.2 Å². The minimum atomic E-state index is -0.243. The van der Waals surface area contributed by atoms with E-state index in [9.17, 15) is 4.79 Å². The fourth-order valence-corrected chi connectivity index (χ4v) is 4.56. The lowest BCUT2D eigenvalue weighted by Gasteiger charge is -2.29. The number of nitrogens with zero attached hydrogens (tertiary/aromatic N) is 5. The SMILES string of the molecule is Cc1ccc(NC(=O)c2cccc(Cl)c2)cc1C#Cc1nn(C2CCN(C)CC2)c2ncnc(N)c12. The van der Waals surface area contributed by atoms with Crippen molar-refractivity contribution in [3.63, 3.8) is 0 Å². The minimum absolute atomic E-state index is 0.236. The smallest absolute Gasteiger partial charge is 0.255 e. The van der Waals surface area contributed by atoms with Crippen LogP contribution in [0.15, 0.2) is 48.8 Å². The molecule has 36 heavy (non-hydrogen) atoms. The third kappa shape index (κ3) is 4.89. The van der Waals surface area contributed by atoms with Gasteiger partial charge in [0, 0.05) is 21.8 Å². The van der Waals surface area contributed by atoms with Crippen molar-refractivity contribution in [3.8, 4) is 11.8 Å². The molecule has 0 saturated carbocycles. The van der Waals surface area contributed by atoms with Crippen LogP contribution in [0.5, 0.6) is 0 Å².